The van der Waals surface area contributed by atoms with Crippen LogP contribution in [0.25, 0.3) is 0 Å². The van der Waals surface area contributed by atoms with E-state index in [1.54, 1.807) is 0 Å². The first kappa shape index (κ1) is 17.6. The van der Waals surface area contributed by atoms with Crippen molar-refractivity contribution in [3.63, 3.8) is 0 Å². The molecular weight excluding hydrogens is 223 g/mol. The van der Waals surface area contributed by atoms with E-state index < -0.39 is 11.8 Å². The minimum absolute atomic E-state index is 0.0281. The van der Waals surface area contributed by atoms with Crippen molar-refractivity contribution < 1.29 is 13.9 Å². The van der Waals surface area contributed by atoms with Gasteiger partial charge in [0.05, 0.1) is 24.0 Å². The summed E-state index contributed by atoms with van der Waals surface area (Å²) in [6, 6.07) is 2.03. The Labute approximate surface area is 102 Å². The third kappa shape index (κ3) is 5.19. The van der Waals surface area contributed by atoms with Crippen molar-refractivity contribution in [1.82, 2.24) is 0 Å². The molecule has 0 aliphatic carbocycles. The Morgan fingerprint density at radius 3 is 2.06 bits per heavy atom. The average Bonchev–Trinajstić information content (AvgIpc) is 2.37. The monoisotopic (exact) mass is 244 g/mol. The van der Waals surface area contributed by atoms with Gasteiger partial charge in [0.2, 0.25) is 0 Å². The van der Waals surface area contributed by atoms with E-state index in [0.29, 0.717) is 0 Å². The van der Waals surface area contributed by atoms with Gasteiger partial charge in [-0.3, -0.25) is 0 Å². The number of hydrogen-bond donors (Lipinski definition) is 2. The van der Waals surface area contributed by atoms with Crippen LogP contribution in [0.1, 0.15) is 38.1 Å². The number of anilines is 2. The van der Waals surface area contributed by atoms with Crippen molar-refractivity contribution in [2.45, 2.75) is 27.7 Å². The maximum Gasteiger partial charge on any atom is 0.340 e. The Morgan fingerprint density at radius 1 is 1.18 bits per heavy atom. The molecule has 1 aromatic carbocycles. The molecule has 0 saturated carbocycles. The van der Waals surface area contributed by atoms with Crippen LogP contribution < -0.4 is 11.5 Å². The first-order valence-electron chi connectivity index (χ1n) is 5.49. The lowest BCUT2D eigenvalue weighted by Gasteiger charge is -2.05. The van der Waals surface area contributed by atoms with Crippen LogP contribution in [0.5, 0.6) is 0 Å². The number of carbonyl (C=O) groups is 1. The average molecular weight is 244 g/mol. The summed E-state index contributed by atoms with van der Waals surface area (Å²) in [7, 11) is 1.18. The van der Waals surface area contributed by atoms with E-state index >= 15 is 0 Å². The van der Waals surface area contributed by atoms with Crippen LogP contribution in [0.4, 0.5) is 15.8 Å². The highest BCUT2D eigenvalue weighted by atomic mass is 19.1. The smallest absolute Gasteiger partial charge is 0.340 e. The fourth-order valence-corrected chi connectivity index (χ4v) is 0.918. The number of nitrogen functional groups attached to an aromatic ring is 2. The molecule has 98 valence electrons. The minimum atomic E-state index is -0.705. The van der Waals surface area contributed by atoms with Crippen molar-refractivity contribution >= 4 is 17.3 Å². The van der Waals surface area contributed by atoms with Gasteiger partial charge >= 0.3 is 5.97 Å². The van der Waals surface area contributed by atoms with Crippen molar-refractivity contribution in [3.8, 4) is 0 Å². The molecule has 17 heavy (non-hydrogen) atoms. The van der Waals surface area contributed by atoms with E-state index in [0.717, 1.165) is 12.1 Å². The van der Waals surface area contributed by atoms with Gasteiger partial charge in [0.25, 0.3) is 0 Å². The summed E-state index contributed by atoms with van der Waals surface area (Å²) in [5.74, 6) is -1.32. The topological polar surface area (TPSA) is 78.3 Å². The quantitative estimate of drug-likeness (QED) is 0.588. The lowest BCUT2D eigenvalue weighted by atomic mass is 10.1. The highest BCUT2D eigenvalue weighted by molar-refractivity contribution is 5.97. The molecular formula is C12H21FN2O2. The van der Waals surface area contributed by atoms with E-state index in [-0.39, 0.29) is 16.9 Å². The molecule has 0 amide bonds. The summed E-state index contributed by atoms with van der Waals surface area (Å²) in [5, 5.41) is 0. The normalized spacial score (nSPS) is 8.12. The number of nitrogens with two attached hydrogens (primary N) is 2. The molecule has 5 heteroatoms. The number of hydrogen-bond acceptors (Lipinski definition) is 4. The second-order valence-electron chi connectivity index (χ2n) is 2.45. The fraction of sp³-hybridized carbons (Fsp3) is 0.417. The van der Waals surface area contributed by atoms with E-state index in [4.69, 9.17) is 11.5 Å². The summed E-state index contributed by atoms with van der Waals surface area (Å²) in [6.07, 6.45) is 0. The minimum Gasteiger partial charge on any atom is -0.465 e. The third-order valence-electron chi connectivity index (χ3n) is 1.58. The molecule has 0 aliphatic rings. The predicted octanol–water partition coefficient (Wildman–Crippen LogP) is 2.83. The summed E-state index contributed by atoms with van der Waals surface area (Å²) < 4.78 is 17.1. The number of halogens is 1. The Bertz CT molecular complexity index is 355. The Morgan fingerprint density at radius 2 is 1.65 bits per heavy atom. The van der Waals surface area contributed by atoms with Crippen LogP contribution in [0, 0.1) is 5.82 Å². The number of rotatable bonds is 1. The lowest BCUT2D eigenvalue weighted by Crippen LogP contribution is -2.08. The third-order valence-corrected chi connectivity index (χ3v) is 1.58. The molecule has 0 radical (unpaired) electrons. The second-order valence-corrected chi connectivity index (χ2v) is 2.45. The lowest BCUT2D eigenvalue weighted by molar-refractivity contribution is 0.0601. The summed E-state index contributed by atoms with van der Waals surface area (Å²) in [4.78, 5) is 11.0. The maximum absolute atomic E-state index is 12.8. The Balaban J connectivity index is 0. The molecule has 1 rings (SSSR count). The zero-order valence-electron chi connectivity index (χ0n) is 11.0. The van der Waals surface area contributed by atoms with Crippen LogP contribution in [0.15, 0.2) is 12.1 Å². The number of methoxy groups -OCH3 is 1. The standard InChI is InChI=1S/C8H9FN2O2.2C2H6/c1-13-8(12)5-2-4(9)3-6(10)7(5)11;2*1-2/h2-3H,10-11H2,1H3;2*1-2H3. The van der Waals surface area contributed by atoms with Gasteiger partial charge in [-0.25, -0.2) is 9.18 Å². The molecule has 0 unspecified atom stereocenters. The number of carbonyl (C=O) groups excluding carboxylic acids is 1. The molecule has 0 fully saturated rings. The first-order chi connectivity index (χ1) is 8.06. The van der Waals surface area contributed by atoms with Crippen LogP contribution in [0.3, 0.4) is 0 Å². The molecule has 0 aromatic heterocycles. The van der Waals surface area contributed by atoms with Gasteiger partial charge < -0.3 is 16.2 Å². The van der Waals surface area contributed by atoms with Crippen molar-refractivity contribution in [1.29, 1.82) is 0 Å². The number of ether oxygens (including phenoxy) is 1. The molecule has 0 spiro atoms. The fourth-order valence-electron chi connectivity index (χ4n) is 0.918. The van der Waals surface area contributed by atoms with Gasteiger partial charge in [0, 0.05) is 0 Å². The first-order valence-corrected chi connectivity index (χ1v) is 5.49. The molecule has 0 heterocycles. The van der Waals surface area contributed by atoms with Crippen molar-refractivity contribution in [2.75, 3.05) is 18.6 Å². The molecule has 4 nitrogen and oxygen atoms in total. The van der Waals surface area contributed by atoms with E-state index in [1.807, 2.05) is 27.7 Å². The molecule has 1 aromatic rings. The zero-order valence-corrected chi connectivity index (χ0v) is 11.0. The van der Waals surface area contributed by atoms with Crippen molar-refractivity contribution in [3.05, 3.63) is 23.5 Å². The second kappa shape index (κ2) is 9.45. The van der Waals surface area contributed by atoms with E-state index in [9.17, 15) is 9.18 Å². The van der Waals surface area contributed by atoms with Gasteiger partial charge in [-0.05, 0) is 12.1 Å². The van der Waals surface area contributed by atoms with Gasteiger partial charge in [-0.1, -0.05) is 27.7 Å². The van der Waals surface area contributed by atoms with Crippen LogP contribution in [-0.2, 0) is 4.74 Å². The molecule has 0 bridgehead atoms. The van der Waals surface area contributed by atoms with Crippen molar-refractivity contribution in [2.24, 2.45) is 0 Å². The highest BCUT2D eigenvalue weighted by Gasteiger charge is 2.13. The van der Waals surface area contributed by atoms with E-state index in [1.165, 1.54) is 7.11 Å². The number of esters is 1. The summed E-state index contributed by atoms with van der Waals surface area (Å²) in [6.45, 7) is 8.00. The van der Waals surface area contributed by atoms with Crippen LogP contribution in [0.2, 0.25) is 0 Å². The predicted molar refractivity (Wildman–Crippen MR) is 69.3 cm³/mol. The molecule has 4 N–H and O–H groups in total. The molecule has 0 saturated heterocycles. The largest absolute Gasteiger partial charge is 0.465 e. The molecule has 0 aliphatic heterocycles. The van der Waals surface area contributed by atoms with Gasteiger partial charge in [0.1, 0.15) is 5.82 Å². The maximum atomic E-state index is 12.8. The Kier molecular flexibility index (Phi) is 9.79. The van der Waals surface area contributed by atoms with Crippen LogP contribution >= 0.6 is 0 Å². The van der Waals surface area contributed by atoms with Gasteiger partial charge in [0.15, 0.2) is 0 Å². The van der Waals surface area contributed by atoms with Gasteiger partial charge in [-0.2, -0.15) is 0 Å². The number of benzene rings is 1. The highest BCUT2D eigenvalue weighted by Crippen LogP contribution is 2.22. The summed E-state index contributed by atoms with van der Waals surface area (Å²) >= 11 is 0. The summed E-state index contributed by atoms with van der Waals surface area (Å²) in [5.41, 5.74) is 10.8. The van der Waals surface area contributed by atoms with E-state index in [2.05, 4.69) is 4.74 Å². The molecule has 0 atom stereocenters. The Hall–Kier alpha value is -1.78. The van der Waals surface area contributed by atoms with Crippen LogP contribution in [-0.4, -0.2) is 13.1 Å². The zero-order chi connectivity index (χ0) is 14.0. The van der Waals surface area contributed by atoms with Gasteiger partial charge in [-0.15, -0.1) is 0 Å². The SMILES string of the molecule is CC.CC.COC(=O)c1cc(F)cc(N)c1N.